The van der Waals surface area contributed by atoms with Crippen molar-refractivity contribution in [2.24, 2.45) is 0 Å². The number of anilines is 3. The molecule has 6 heteroatoms. The van der Waals surface area contributed by atoms with Crippen LogP contribution in [0.5, 0.6) is 0 Å². The number of hydrogen-bond acceptors (Lipinski definition) is 3. The monoisotopic (exact) mass is 369 g/mol. The molecule has 1 aliphatic carbocycles. The number of halogens is 1. The average Bonchev–Trinajstić information content (AvgIpc) is 3.12. The van der Waals surface area contributed by atoms with Crippen molar-refractivity contribution in [1.29, 1.82) is 0 Å². The van der Waals surface area contributed by atoms with Gasteiger partial charge >= 0.3 is 0 Å². The molecular weight excluding hydrogens is 350 g/mol. The van der Waals surface area contributed by atoms with E-state index < -0.39 is 0 Å². The molecule has 0 spiro atoms. The first-order valence-electron chi connectivity index (χ1n) is 8.90. The maximum atomic E-state index is 13.1. The van der Waals surface area contributed by atoms with Gasteiger partial charge in [0.1, 0.15) is 0 Å². The van der Waals surface area contributed by atoms with Gasteiger partial charge in [-0.15, -0.1) is 0 Å². The normalized spacial score (nSPS) is 16.7. The second-order valence-electron chi connectivity index (χ2n) is 6.72. The van der Waals surface area contributed by atoms with Gasteiger partial charge < -0.3 is 10.6 Å². The summed E-state index contributed by atoms with van der Waals surface area (Å²) in [6, 6.07) is 12.7. The number of carbonyl (C=O) groups is 2. The van der Waals surface area contributed by atoms with Crippen LogP contribution in [0.4, 0.5) is 17.1 Å². The first-order valence-corrected chi connectivity index (χ1v) is 9.27. The van der Waals surface area contributed by atoms with Crippen LogP contribution in [0.2, 0.25) is 5.02 Å². The van der Waals surface area contributed by atoms with Crippen molar-refractivity contribution in [1.82, 2.24) is 5.32 Å². The largest absolute Gasteiger partial charge is 0.320 e. The fourth-order valence-corrected chi connectivity index (χ4v) is 3.86. The van der Waals surface area contributed by atoms with Crippen LogP contribution in [0.1, 0.15) is 36.0 Å². The zero-order valence-corrected chi connectivity index (χ0v) is 15.1. The van der Waals surface area contributed by atoms with Crippen molar-refractivity contribution in [2.45, 2.75) is 31.7 Å². The Hall–Kier alpha value is -2.37. The van der Waals surface area contributed by atoms with Gasteiger partial charge in [-0.25, -0.2) is 0 Å². The van der Waals surface area contributed by atoms with Gasteiger partial charge in [-0.3, -0.25) is 14.5 Å². The second-order valence-corrected chi connectivity index (χ2v) is 7.16. The van der Waals surface area contributed by atoms with Gasteiger partial charge in [0.15, 0.2) is 0 Å². The smallest absolute Gasteiger partial charge is 0.257 e. The fourth-order valence-electron chi connectivity index (χ4n) is 3.69. The molecule has 0 aromatic heterocycles. The summed E-state index contributed by atoms with van der Waals surface area (Å²) < 4.78 is 0. The lowest BCUT2D eigenvalue weighted by molar-refractivity contribution is -0.117. The first-order chi connectivity index (χ1) is 12.6. The number of nitrogens with one attached hydrogen (secondary N) is 2. The van der Waals surface area contributed by atoms with Crippen LogP contribution >= 0.6 is 11.6 Å². The first kappa shape index (κ1) is 17.1. The van der Waals surface area contributed by atoms with Crippen molar-refractivity contribution in [3.05, 3.63) is 53.1 Å². The van der Waals surface area contributed by atoms with Crippen LogP contribution in [0.25, 0.3) is 0 Å². The number of rotatable bonds is 3. The van der Waals surface area contributed by atoms with Gasteiger partial charge in [0, 0.05) is 11.1 Å². The van der Waals surface area contributed by atoms with Gasteiger partial charge in [-0.1, -0.05) is 36.6 Å². The average molecular weight is 370 g/mol. The summed E-state index contributed by atoms with van der Waals surface area (Å²) in [6.07, 6.45) is 4.63. The Labute approximate surface area is 157 Å². The molecule has 1 saturated carbocycles. The van der Waals surface area contributed by atoms with Crippen LogP contribution in [0, 0.1) is 0 Å². The molecule has 2 aromatic carbocycles. The second kappa shape index (κ2) is 7.09. The standard InChI is InChI=1S/C20H20ClN3O2/c21-13-9-10-18-16(11-13)23-20(26)15-7-3-4-8-17(15)24(18)19(25)12-22-14-5-1-2-6-14/h3-4,7-11,14,22H,1-2,5-6,12H2,(H,23,26). The number of fused-ring (bicyclic) bond motifs is 2. The number of nitrogens with zero attached hydrogens (tertiary/aromatic N) is 1. The molecule has 5 nitrogen and oxygen atoms in total. The summed E-state index contributed by atoms with van der Waals surface area (Å²) >= 11 is 6.10. The molecule has 4 rings (SSSR count). The minimum atomic E-state index is -0.247. The summed E-state index contributed by atoms with van der Waals surface area (Å²) in [7, 11) is 0. The molecule has 0 bridgehead atoms. The third kappa shape index (κ3) is 3.20. The van der Waals surface area contributed by atoms with Crippen molar-refractivity contribution >= 4 is 40.5 Å². The minimum Gasteiger partial charge on any atom is -0.320 e. The van der Waals surface area contributed by atoms with Gasteiger partial charge in [0.05, 0.1) is 29.2 Å². The van der Waals surface area contributed by atoms with E-state index in [4.69, 9.17) is 11.6 Å². The molecule has 2 N–H and O–H groups in total. The number of benzene rings is 2. The van der Waals surface area contributed by atoms with Crippen LogP contribution in [0.3, 0.4) is 0 Å². The molecule has 1 heterocycles. The zero-order chi connectivity index (χ0) is 18.1. The SMILES string of the molecule is O=C1Nc2cc(Cl)ccc2N(C(=O)CNC2CCCC2)c2ccccc21. The highest BCUT2D eigenvalue weighted by Crippen LogP contribution is 2.39. The van der Waals surface area contributed by atoms with Crippen molar-refractivity contribution < 1.29 is 9.59 Å². The van der Waals surface area contributed by atoms with E-state index in [1.165, 1.54) is 12.8 Å². The van der Waals surface area contributed by atoms with E-state index >= 15 is 0 Å². The number of carbonyl (C=O) groups excluding carboxylic acids is 2. The van der Waals surface area contributed by atoms with Crippen LogP contribution in [-0.2, 0) is 4.79 Å². The van der Waals surface area contributed by atoms with Gasteiger partial charge in [-0.2, -0.15) is 0 Å². The number of hydrogen-bond donors (Lipinski definition) is 2. The molecule has 0 atom stereocenters. The summed E-state index contributed by atoms with van der Waals surface area (Å²) in [5, 5.41) is 6.73. The molecule has 2 amide bonds. The highest BCUT2D eigenvalue weighted by atomic mass is 35.5. The Balaban J connectivity index is 1.72. The lowest BCUT2D eigenvalue weighted by atomic mass is 10.1. The molecule has 0 unspecified atom stereocenters. The summed E-state index contributed by atoms with van der Waals surface area (Å²) in [4.78, 5) is 27.3. The van der Waals surface area contributed by atoms with Crippen molar-refractivity contribution in [3.8, 4) is 0 Å². The van der Waals surface area contributed by atoms with Crippen LogP contribution in [0.15, 0.2) is 42.5 Å². The number of amides is 2. The highest BCUT2D eigenvalue weighted by Gasteiger charge is 2.29. The summed E-state index contributed by atoms with van der Waals surface area (Å²) in [5.74, 6) is -0.340. The Bertz CT molecular complexity index is 862. The molecule has 26 heavy (non-hydrogen) atoms. The minimum absolute atomic E-state index is 0.0931. The predicted octanol–water partition coefficient (Wildman–Crippen LogP) is 4.10. The van der Waals surface area contributed by atoms with E-state index in [0.29, 0.717) is 33.7 Å². The predicted molar refractivity (Wildman–Crippen MR) is 103 cm³/mol. The molecule has 1 aliphatic heterocycles. The summed E-state index contributed by atoms with van der Waals surface area (Å²) in [6.45, 7) is 0.231. The van der Waals surface area contributed by atoms with E-state index in [0.717, 1.165) is 12.8 Å². The van der Waals surface area contributed by atoms with Crippen molar-refractivity contribution in [3.63, 3.8) is 0 Å². The van der Waals surface area contributed by atoms with Gasteiger partial charge in [-0.05, 0) is 43.2 Å². The molecule has 1 fully saturated rings. The van der Waals surface area contributed by atoms with Crippen LogP contribution < -0.4 is 15.5 Å². The highest BCUT2D eigenvalue weighted by molar-refractivity contribution is 6.31. The Morgan fingerprint density at radius 3 is 2.73 bits per heavy atom. The van der Waals surface area contributed by atoms with E-state index in [1.807, 2.05) is 6.07 Å². The lowest BCUT2D eigenvalue weighted by Crippen LogP contribution is -2.39. The third-order valence-corrected chi connectivity index (χ3v) is 5.22. The third-order valence-electron chi connectivity index (χ3n) is 4.98. The molecule has 2 aromatic rings. The van der Waals surface area contributed by atoms with E-state index in [-0.39, 0.29) is 18.4 Å². The quantitative estimate of drug-likeness (QED) is 0.856. The Morgan fingerprint density at radius 1 is 1.15 bits per heavy atom. The molecule has 2 aliphatic rings. The van der Waals surface area contributed by atoms with Gasteiger partial charge in [0.25, 0.3) is 5.91 Å². The zero-order valence-electron chi connectivity index (χ0n) is 14.3. The van der Waals surface area contributed by atoms with Gasteiger partial charge in [0.2, 0.25) is 5.91 Å². The van der Waals surface area contributed by atoms with Crippen molar-refractivity contribution in [2.75, 3.05) is 16.8 Å². The fraction of sp³-hybridized carbons (Fsp3) is 0.300. The van der Waals surface area contributed by atoms with E-state index in [1.54, 1.807) is 41.3 Å². The lowest BCUT2D eigenvalue weighted by Gasteiger charge is -2.25. The topological polar surface area (TPSA) is 61.4 Å². The Kier molecular flexibility index (Phi) is 4.66. The van der Waals surface area contributed by atoms with E-state index in [2.05, 4.69) is 10.6 Å². The van der Waals surface area contributed by atoms with Crippen LogP contribution in [-0.4, -0.2) is 24.4 Å². The molecule has 134 valence electrons. The molecule has 0 radical (unpaired) electrons. The maximum absolute atomic E-state index is 13.1. The molecule has 0 saturated heterocycles. The Morgan fingerprint density at radius 2 is 1.92 bits per heavy atom. The molecular formula is C20H20ClN3O2. The maximum Gasteiger partial charge on any atom is 0.257 e. The van der Waals surface area contributed by atoms with E-state index in [9.17, 15) is 9.59 Å². The summed E-state index contributed by atoms with van der Waals surface area (Å²) in [5.41, 5.74) is 2.22. The number of para-hydroxylation sites is 1.